The largest absolute Gasteiger partial charge is 0.381 e. The topological polar surface area (TPSA) is 107 Å². The van der Waals surface area contributed by atoms with Gasteiger partial charge in [0.15, 0.2) is 0 Å². The number of pyridine rings is 1. The maximum Gasteiger partial charge on any atom is 0.255 e. The number of aromatic nitrogens is 2. The molecule has 1 atom stereocenters. The van der Waals surface area contributed by atoms with E-state index in [0.29, 0.717) is 11.3 Å². The third-order valence-corrected chi connectivity index (χ3v) is 4.79. The third kappa shape index (κ3) is 3.26. The Morgan fingerprint density at radius 2 is 2.33 bits per heavy atom. The molecule has 2 aromatic heterocycles. The summed E-state index contributed by atoms with van der Waals surface area (Å²) in [5.74, 6) is -0.468. The summed E-state index contributed by atoms with van der Waals surface area (Å²) in [6, 6.07) is 0.127. The molecule has 1 fully saturated rings. The van der Waals surface area contributed by atoms with Crippen LogP contribution in [0.2, 0.25) is 0 Å². The van der Waals surface area contributed by atoms with E-state index >= 15 is 0 Å². The van der Waals surface area contributed by atoms with Crippen LogP contribution in [0.25, 0.3) is 11.0 Å². The van der Waals surface area contributed by atoms with Gasteiger partial charge in [-0.15, -0.1) is 0 Å². The molecule has 0 aromatic carbocycles. The lowest BCUT2D eigenvalue weighted by molar-refractivity contribution is -0.130. The number of carbonyl (C=O) groups is 1. The predicted molar refractivity (Wildman–Crippen MR) is 98.1 cm³/mol. The van der Waals surface area contributed by atoms with Gasteiger partial charge in [0.05, 0.1) is 21.2 Å². The predicted octanol–water partition coefficient (Wildman–Crippen LogP) is 1.96. The highest BCUT2D eigenvalue weighted by molar-refractivity contribution is 9.10. The Morgan fingerprint density at radius 1 is 1.58 bits per heavy atom. The van der Waals surface area contributed by atoms with Crippen LogP contribution in [0.4, 0.5) is 11.4 Å². The van der Waals surface area contributed by atoms with E-state index in [0.717, 1.165) is 41.5 Å². The molecular weight excluding hydrogens is 374 g/mol. The van der Waals surface area contributed by atoms with Crippen molar-refractivity contribution in [3.05, 3.63) is 16.9 Å². The molecule has 1 amide bonds. The van der Waals surface area contributed by atoms with Gasteiger partial charge >= 0.3 is 0 Å². The fourth-order valence-corrected chi connectivity index (χ4v) is 3.50. The van der Waals surface area contributed by atoms with Crippen LogP contribution in [0.5, 0.6) is 0 Å². The molecule has 8 heteroatoms. The molecule has 7 nitrogen and oxygen atoms in total. The number of nitrogens with zero attached hydrogens (tertiary/aromatic N) is 2. The Labute approximate surface area is 148 Å². The maximum absolute atomic E-state index is 12.2. The van der Waals surface area contributed by atoms with Crippen molar-refractivity contribution in [2.75, 3.05) is 23.3 Å². The zero-order valence-corrected chi connectivity index (χ0v) is 15.4. The molecular formula is C16H22BrN5O2. The van der Waals surface area contributed by atoms with E-state index in [1.807, 2.05) is 0 Å². The maximum atomic E-state index is 12.2. The fraction of sp³-hybridized carbons (Fsp3) is 0.500. The lowest BCUT2D eigenvalue weighted by atomic mass is 10.1. The first kappa shape index (κ1) is 17.2. The molecule has 0 saturated carbocycles. The number of H-pyrrole nitrogens is 1. The number of nitrogens with one attached hydrogen (secondary N) is 2. The number of piperidine rings is 1. The Morgan fingerprint density at radius 3 is 3.00 bits per heavy atom. The average molecular weight is 396 g/mol. The molecule has 0 spiro atoms. The van der Waals surface area contributed by atoms with Gasteiger partial charge in [0.2, 0.25) is 0 Å². The number of hydrogen-bond acceptors (Lipinski definition) is 5. The van der Waals surface area contributed by atoms with Crippen LogP contribution >= 0.6 is 15.9 Å². The van der Waals surface area contributed by atoms with Gasteiger partial charge in [0, 0.05) is 31.5 Å². The second-order valence-electron chi connectivity index (χ2n) is 6.74. The first-order valence-corrected chi connectivity index (χ1v) is 8.76. The minimum absolute atomic E-state index is 0.127. The lowest BCUT2D eigenvalue weighted by Crippen LogP contribution is -2.43. The molecule has 2 aromatic rings. The van der Waals surface area contributed by atoms with Crippen molar-refractivity contribution in [1.29, 1.82) is 0 Å². The quantitative estimate of drug-likeness (QED) is 0.635. The van der Waals surface area contributed by atoms with E-state index in [9.17, 15) is 9.90 Å². The number of rotatable bonds is 3. The summed E-state index contributed by atoms with van der Waals surface area (Å²) in [4.78, 5) is 21.8. The van der Waals surface area contributed by atoms with Gasteiger partial charge in [-0.1, -0.05) is 0 Å². The second kappa shape index (κ2) is 6.34. The van der Waals surface area contributed by atoms with Crippen molar-refractivity contribution in [3.8, 4) is 0 Å². The van der Waals surface area contributed by atoms with Gasteiger partial charge in [0.25, 0.3) is 5.91 Å². The Hall–Kier alpha value is -1.64. The normalized spacial score (nSPS) is 18.9. The molecule has 0 aliphatic carbocycles. The summed E-state index contributed by atoms with van der Waals surface area (Å²) < 4.78 is 0.849. The first-order valence-electron chi connectivity index (χ1n) is 7.97. The van der Waals surface area contributed by atoms with Crippen LogP contribution < -0.4 is 16.0 Å². The highest BCUT2D eigenvalue weighted by Gasteiger charge is 2.27. The Bertz CT molecular complexity index is 768. The molecule has 0 bridgehead atoms. The molecule has 24 heavy (non-hydrogen) atoms. The van der Waals surface area contributed by atoms with Gasteiger partial charge < -0.3 is 26.0 Å². The van der Waals surface area contributed by atoms with E-state index in [-0.39, 0.29) is 6.04 Å². The monoisotopic (exact) mass is 395 g/mol. The van der Waals surface area contributed by atoms with Crippen molar-refractivity contribution in [3.63, 3.8) is 0 Å². The highest BCUT2D eigenvalue weighted by Crippen LogP contribution is 2.38. The molecule has 3 rings (SSSR count). The van der Waals surface area contributed by atoms with E-state index < -0.39 is 11.5 Å². The van der Waals surface area contributed by atoms with Gasteiger partial charge in [-0.3, -0.25) is 4.79 Å². The summed E-state index contributed by atoms with van der Waals surface area (Å²) >= 11 is 3.58. The van der Waals surface area contributed by atoms with Crippen molar-refractivity contribution in [1.82, 2.24) is 9.97 Å². The van der Waals surface area contributed by atoms with Gasteiger partial charge in [-0.2, -0.15) is 0 Å². The summed E-state index contributed by atoms with van der Waals surface area (Å²) in [5, 5.41) is 13.5. The lowest BCUT2D eigenvalue weighted by Gasteiger charge is -2.33. The molecule has 0 unspecified atom stereocenters. The molecule has 5 N–H and O–H groups in total. The van der Waals surface area contributed by atoms with Crippen molar-refractivity contribution in [2.45, 2.75) is 38.3 Å². The third-order valence-electron chi connectivity index (χ3n) is 4.21. The van der Waals surface area contributed by atoms with Gasteiger partial charge in [0.1, 0.15) is 11.2 Å². The number of halogens is 1. The molecule has 130 valence electrons. The second-order valence-corrected chi connectivity index (χ2v) is 7.60. The van der Waals surface area contributed by atoms with E-state index in [1.165, 1.54) is 13.8 Å². The fourth-order valence-electron chi connectivity index (χ4n) is 2.95. The number of amides is 1. The van der Waals surface area contributed by atoms with Gasteiger partial charge in [-0.25, -0.2) is 4.98 Å². The average Bonchev–Trinajstić information content (AvgIpc) is 2.89. The minimum Gasteiger partial charge on any atom is -0.381 e. The minimum atomic E-state index is -1.46. The van der Waals surface area contributed by atoms with Gasteiger partial charge in [-0.05, 0) is 42.6 Å². The van der Waals surface area contributed by atoms with Crippen LogP contribution in [0.15, 0.2) is 16.9 Å². The van der Waals surface area contributed by atoms with Crippen LogP contribution in [0.3, 0.4) is 0 Å². The Balaban J connectivity index is 2.06. The van der Waals surface area contributed by atoms with Crippen molar-refractivity contribution < 1.29 is 9.90 Å². The SMILES string of the molecule is CC(C)(O)C(=O)Nc1c[nH]c2ncc(Br)c(N3CCC[C@@H](N)C3)c12. The van der Waals surface area contributed by atoms with Crippen molar-refractivity contribution >= 4 is 44.2 Å². The van der Waals surface area contributed by atoms with Crippen molar-refractivity contribution in [2.24, 2.45) is 5.73 Å². The zero-order chi connectivity index (χ0) is 17.5. The molecule has 3 heterocycles. The Kier molecular flexibility index (Phi) is 4.54. The number of aromatic amines is 1. The molecule has 1 aliphatic heterocycles. The molecule has 0 radical (unpaired) electrons. The zero-order valence-electron chi connectivity index (χ0n) is 13.8. The summed E-state index contributed by atoms with van der Waals surface area (Å²) in [7, 11) is 0. The van der Waals surface area contributed by atoms with Crippen LogP contribution in [-0.4, -0.2) is 45.7 Å². The number of aliphatic hydroxyl groups is 1. The summed E-state index contributed by atoms with van der Waals surface area (Å²) in [6.45, 7) is 4.56. The smallest absolute Gasteiger partial charge is 0.255 e. The number of fused-ring (bicyclic) bond motifs is 1. The molecule has 1 aliphatic rings. The number of nitrogens with two attached hydrogens (primary N) is 1. The van der Waals surface area contributed by atoms with Crippen LogP contribution in [0.1, 0.15) is 26.7 Å². The van der Waals surface area contributed by atoms with Crippen LogP contribution in [-0.2, 0) is 4.79 Å². The standard InChI is InChI=1S/C16H22BrN5O2/c1-16(2,24)15(23)21-11-7-20-14-12(11)13(10(17)6-19-14)22-5-3-4-9(18)8-22/h6-7,9,24H,3-5,8,18H2,1-2H3,(H,19,20)(H,21,23)/t9-/m1/s1. The first-order chi connectivity index (χ1) is 11.3. The number of hydrogen-bond donors (Lipinski definition) is 4. The van der Waals surface area contributed by atoms with E-state index in [2.05, 4.69) is 36.1 Å². The molecule has 1 saturated heterocycles. The number of carbonyl (C=O) groups excluding carboxylic acids is 1. The van der Waals surface area contributed by atoms with E-state index in [1.54, 1.807) is 12.4 Å². The summed E-state index contributed by atoms with van der Waals surface area (Å²) in [6.07, 6.45) is 5.47. The number of anilines is 2. The highest BCUT2D eigenvalue weighted by atomic mass is 79.9. The summed E-state index contributed by atoms with van der Waals surface area (Å²) in [5.41, 5.74) is 6.90. The van der Waals surface area contributed by atoms with Crippen LogP contribution in [0, 0.1) is 0 Å². The van der Waals surface area contributed by atoms with E-state index in [4.69, 9.17) is 5.73 Å².